The lowest BCUT2D eigenvalue weighted by Gasteiger charge is -2.32. The molecule has 2 saturated heterocycles. The van der Waals surface area contributed by atoms with E-state index in [0.717, 1.165) is 38.6 Å². The van der Waals surface area contributed by atoms with Crippen molar-refractivity contribution in [1.29, 1.82) is 0 Å². The smallest absolute Gasteiger partial charge is 0.251 e. The molecule has 0 spiro atoms. The van der Waals surface area contributed by atoms with Gasteiger partial charge in [0.2, 0.25) is 5.91 Å². The van der Waals surface area contributed by atoms with Crippen LogP contribution in [0.25, 0.3) is 0 Å². The zero-order chi connectivity index (χ0) is 13.7. The van der Waals surface area contributed by atoms with Gasteiger partial charge >= 0.3 is 0 Å². The minimum atomic E-state index is -0.231. The van der Waals surface area contributed by atoms with E-state index in [1.165, 1.54) is 0 Å². The summed E-state index contributed by atoms with van der Waals surface area (Å²) < 4.78 is 5.42. The van der Waals surface area contributed by atoms with Crippen molar-refractivity contribution in [2.45, 2.75) is 45.1 Å². The van der Waals surface area contributed by atoms with Crippen LogP contribution in [0.4, 0.5) is 0 Å². The number of carbonyl (C=O) groups excluding carboxylic acids is 2. The Bertz CT molecular complexity index is 319. The van der Waals surface area contributed by atoms with Crippen LogP contribution < -0.4 is 5.32 Å². The number of amides is 2. The number of piperidine rings is 1. The van der Waals surface area contributed by atoms with Gasteiger partial charge in [0.15, 0.2) is 0 Å². The monoisotopic (exact) mass is 268 g/mol. The van der Waals surface area contributed by atoms with E-state index < -0.39 is 0 Å². The summed E-state index contributed by atoms with van der Waals surface area (Å²) in [6, 6.07) is 0. The SMILES string of the molecule is CCCNC(=O)C1CCN(C(=O)C2CCCO2)CC1. The third kappa shape index (κ3) is 3.69. The number of rotatable bonds is 4. The number of nitrogens with one attached hydrogen (secondary N) is 1. The Morgan fingerprint density at radius 2 is 2.00 bits per heavy atom. The van der Waals surface area contributed by atoms with E-state index in [4.69, 9.17) is 4.74 Å². The second kappa shape index (κ2) is 6.89. The van der Waals surface area contributed by atoms with Crippen molar-refractivity contribution in [3.63, 3.8) is 0 Å². The molecule has 2 amide bonds. The molecule has 2 fully saturated rings. The first-order valence-electron chi connectivity index (χ1n) is 7.40. The second-order valence-electron chi connectivity index (χ2n) is 5.39. The molecule has 5 nitrogen and oxygen atoms in total. The van der Waals surface area contributed by atoms with E-state index >= 15 is 0 Å². The summed E-state index contributed by atoms with van der Waals surface area (Å²) in [5.41, 5.74) is 0. The van der Waals surface area contributed by atoms with Gasteiger partial charge in [-0.15, -0.1) is 0 Å². The molecule has 19 heavy (non-hydrogen) atoms. The molecule has 0 aliphatic carbocycles. The van der Waals surface area contributed by atoms with E-state index in [1.807, 2.05) is 11.8 Å². The predicted molar refractivity (Wildman–Crippen MR) is 71.6 cm³/mol. The fourth-order valence-corrected chi connectivity index (χ4v) is 2.73. The highest BCUT2D eigenvalue weighted by molar-refractivity contribution is 5.82. The number of ether oxygens (including phenoxy) is 1. The molecule has 2 rings (SSSR count). The van der Waals surface area contributed by atoms with Gasteiger partial charge in [-0.1, -0.05) is 6.92 Å². The third-order valence-electron chi connectivity index (χ3n) is 3.93. The van der Waals surface area contributed by atoms with Gasteiger partial charge in [-0.2, -0.15) is 0 Å². The Morgan fingerprint density at radius 3 is 2.58 bits per heavy atom. The maximum absolute atomic E-state index is 12.1. The fourth-order valence-electron chi connectivity index (χ4n) is 2.73. The molecule has 108 valence electrons. The van der Waals surface area contributed by atoms with E-state index in [-0.39, 0.29) is 23.8 Å². The molecule has 1 unspecified atom stereocenters. The van der Waals surface area contributed by atoms with Crippen molar-refractivity contribution in [2.24, 2.45) is 5.92 Å². The van der Waals surface area contributed by atoms with Crippen LogP contribution in [0.15, 0.2) is 0 Å². The Kier molecular flexibility index (Phi) is 5.19. The molecule has 2 aliphatic rings. The molecule has 0 bridgehead atoms. The highest BCUT2D eigenvalue weighted by atomic mass is 16.5. The van der Waals surface area contributed by atoms with Crippen LogP contribution >= 0.6 is 0 Å². The molecule has 0 aromatic rings. The molecular formula is C14H24N2O3. The Hall–Kier alpha value is -1.10. The van der Waals surface area contributed by atoms with Gasteiger partial charge in [0, 0.05) is 32.2 Å². The highest BCUT2D eigenvalue weighted by Crippen LogP contribution is 2.21. The predicted octanol–water partition coefficient (Wildman–Crippen LogP) is 0.930. The summed E-state index contributed by atoms with van der Waals surface area (Å²) in [7, 11) is 0. The number of hydrogen-bond acceptors (Lipinski definition) is 3. The largest absolute Gasteiger partial charge is 0.368 e. The van der Waals surface area contributed by atoms with Gasteiger partial charge in [-0.25, -0.2) is 0 Å². The summed E-state index contributed by atoms with van der Waals surface area (Å²) in [6.07, 6.45) is 4.09. The van der Waals surface area contributed by atoms with E-state index in [1.54, 1.807) is 0 Å². The van der Waals surface area contributed by atoms with Crippen LogP contribution in [0.1, 0.15) is 39.0 Å². The Morgan fingerprint density at radius 1 is 1.26 bits per heavy atom. The first kappa shape index (κ1) is 14.3. The molecule has 0 radical (unpaired) electrons. The van der Waals surface area contributed by atoms with Gasteiger partial charge in [0.05, 0.1) is 0 Å². The standard InChI is InChI=1S/C14H24N2O3/c1-2-7-15-13(17)11-5-8-16(9-6-11)14(18)12-4-3-10-19-12/h11-12H,2-10H2,1H3,(H,15,17). The average Bonchev–Trinajstić information content (AvgIpc) is 2.98. The van der Waals surface area contributed by atoms with Gasteiger partial charge in [-0.3, -0.25) is 9.59 Å². The minimum Gasteiger partial charge on any atom is -0.368 e. The molecule has 5 heteroatoms. The van der Waals surface area contributed by atoms with Crippen LogP contribution in [0.5, 0.6) is 0 Å². The number of nitrogens with zero attached hydrogens (tertiary/aromatic N) is 1. The first-order valence-corrected chi connectivity index (χ1v) is 7.40. The van der Waals surface area contributed by atoms with Crippen LogP contribution in [-0.4, -0.2) is 49.1 Å². The molecule has 0 saturated carbocycles. The van der Waals surface area contributed by atoms with Crippen molar-refractivity contribution in [1.82, 2.24) is 10.2 Å². The van der Waals surface area contributed by atoms with E-state index in [0.29, 0.717) is 19.7 Å². The first-order chi connectivity index (χ1) is 9.22. The second-order valence-corrected chi connectivity index (χ2v) is 5.39. The van der Waals surface area contributed by atoms with Crippen molar-refractivity contribution in [2.75, 3.05) is 26.2 Å². The molecule has 1 atom stereocenters. The lowest BCUT2D eigenvalue weighted by atomic mass is 9.95. The minimum absolute atomic E-state index is 0.0695. The van der Waals surface area contributed by atoms with Crippen molar-refractivity contribution in [3.8, 4) is 0 Å². The molecule has 2 aliphatic heterocycles. The molecule has 2 heterocycles. The van der Waals surface area contributed by atoms with Gasteiger partial charge in [0.1, 0.15) is 6.10 Å². The maximum atomic E-state index is 12.1. The summed E-state index contributed by atoms with van der Waals surface area (Å²) in [6.45, 7) is 4.86. The average molecular weight is 268 g/mol. The number of hydrogen-bond donors (Lipinski definition) is 1. The topological polar surface area (TPSA) is 58.6 Å². The third-order valence-corrected chi connectivity index (χ3v) is 3.93. The highest BCUT2D eigenvalue weighted by Gasteiger charge is 2.32. The molecular weight excluding hydrogens is 244 g/mol. The van der Waals surface area contributed by atoms with E-state index in [2.05, 4.69) is 5.32 Å². The van der Waals surface area contributed by atoms with E-state index in [9.17, 15) is 9.59 Å². The quantitative estimate of drug-likeness (QED) is 0.825. The summed E-state index contributed by atoms with van der Waals surface area (Å²) >= 11 is 0. The van der Waals surface area contributed by atoms with Gasteiger partial charge in [0.25, 0.3) is 5.91 Å². The number of carbonyl (C=O) groups is 2. The van der Waals surface area contributed by atoms with Crippen molar-refractivity contribution in [3.05, 3.63) is 0 Å². The molecule has 0 aromatic heterocycles. The summed E-state index contributed by atoms with van der Waals surface area (Å²) in [5, 5.41) is 2.93. The number of likely N-dealkylation sites (tertiary alicyclic amines) is 1. The van der Waals surface area contributed by atoms with Crippen LogP contribution in [0.3, 0.4) is 0 Å². The molecule has 1 N–H and O–H groups in total. The summed E-state index contributed by atoms with van der Waals surface area (Å²) in [5.74, 6) is 0.330. The van der Waals surface area contributed by atoms with Crippen LogP contribution in [-0.2, 0) is 14.3 Å². The fraction of sp³-hybridized carbons (Fsp3) is 0.857. The van der Waals surface area contributed by atoms with Gasteiger partial charge < -0.3 is 15.0 Å². The van der Waals surface area contributed by atoms with Crippen molar-refractivity contribution >= 4 is 11.8 Å². The zero-order valence-electron chi connectivity index (χ0n) is 11.7. The lowest BCUT2D eigenvalue weighted by molar-refractivity contribution is -0.143. The zero-order valence-corrected chi connectivity index (χ0v) is 11.7. The van der Waals surface area contributed by atoms with Crippen LogP contribution in [0.2, 0.25) is 0 Å². The van der Waals surface area contributed by atoms with Crippen molar-refractivity contribution < 1.29 is 14.3 Å². The normalized spacial score (nSPS) is 24.5. The maximum Gasteiger partial charge on any atom is 0.251 e. The lowest BCUT2D eigenvalue weighted by Crippen LogP contribution is -2.46. The Labute approximate surface area is 114 Å². The summed E-state index contributed by atoms with van der Waals surface area (Å²) in [4.78, 5) is 25.9. The Balaban J connectivity index is 1.75. The molecule has 0 aromatic carbocycles. The van der Waals surface area contributed by atoms with Crippen LogP contribution in [0, 0.1) is 5.92 Å². The van der Waals surface area contributed by atoms with Gasteiger partial charge in [-0.05, 0) is 32.1 Å².